The van der Waals surface area contributed by atoms with Crippen LogP contribution in [0.15, 0.2) is 60.8 Å². The highest BCUT2D eigenvalue weighted by molar-refractivity contribution is 6.03. The van der Waals surface area contributed by atoms with Gasteiger partial charge in [-0.2, -0.15) is 0 Å². The molecule has 1 heterocycles. The third-order valence-corrected chi connectivity index (χ3v) is 4.19. The van der Waals surface area contributed by atoms with E-state index in [1.54, 1.807) is 18.3 Å². The summed E-state index contributed by atoms with van der Waals surface area (Å²) in [6.07, 6.45) is 1.60. The lowest BCUT2D eigenvalue weighted by molar-refractivity contribution is -0.114. The van der Waals surface area contributed by atoms with Gasteiger partial charge in [0.05, 0.1) is 11.9 Å². The average molecular weight is 374 g/mol. The second kappa shape index (κ2) is 8.35. The molecule has 6 nitrogen and oxygen atoms in total. The van der Waals surface area contributed by atoms with Gasteiger partial charge in [-0.3, -0.25) is 9.59 Å². The van der Waals surface area contributed by atoms with Crippen LogP contribution in [0.4, 0.5) is 22.7 Å². The van der Waals surface area contributed by atoms with Gasteiger partial charge in [0.25, 0.3) is 5.91 Å². The number of nitrogens with one attached hydrogen (secondary N) is 3. The predicted octanol–water partition coefficient (Wildman–Crippen LogP) is 4.65. The van der Waals surface area contributed by atoms with Crippen molar-refractivity contribution in [1.29, 1.82) is 0 Å². The number of pyridine rings is 1. The van der Waals surface area contributed by atoms with Crippen molar-refractivity contribution in [2.75, 3.05) is 16.0 Å². The van der Waals surface area contributed by atoms with Crippen molar-refractivity contribution in [1.82, 2.24) is 4.98 Å². The maximum Gasteiger partial charge on any atom is 0.274 e. The van der Waals surface area contributed by atoms with Crippen LogP contribution < -0.4 is 16.0 Å². The molecule has 0 saturated heterocycles. The lowest BCUT2D eigenvalue weighted by Gasteiger charge is -2.12. The molecule has 28 heavy (non-hydrogen) atoms. The summed E-state index contributed by atoms with van der Waals surface area (Å²) in [5.74, 6) is -0.380. The molecule has 142 valence electrons. The van der Waals surface area contributed by atoms with Crippen molar-refractivity contribution in [3.05, 3.63) is 77.6 Å². The van der Waals surface area contributed by atoms with Crippen LogP contribution in [-0.4, -0.2) is 16.8 Å². The zero-order valence-electron chi connectivity index (χ0n) is 16.0. The quantitative estimate of drug-likeness (QED) is 0.607. The Morgan fingerprint density at radius 3 is 2.14 bits per heavy atom. The number of rotatable bonds is 5. The molecule has 0 bridgehead atoms. The van der Waals surface area contributed by atoms with Crippen molar-refractivity contribution in [3.8, 4) is 0 Å². The van der Waals surface area contributed by atoms with Gasteiger partial charge >= 0.3 is 0 Å². The number of nitrogens with zero attached hydrogens (tertiary/aromatic N) is 1. The molecule has 0 atom stereocenters. The van der Waals surface area contributed by atoms with E-state index >= 15 is 0 Å². The highest BCUT2D eigenvalue weighted by atomic mass is 16.2. The van der Waals surface area contributed by atoms with Gasteiger partial charge in [0, 0.05) is 24.0 Å². The van der Waals surface area contributed by atoms with E-state index < -0.39 is 0 Å². The summed E-state index contributed by atoms with van der Waals surface area (Å²) in [5.41, 5.74) is 5.40. The minimum atomic E-state index is -0.253. The zero-order valence-corrected chi connectivity index (χ0v) is 16.0. The Balaban J connectivity index is 1.70. The summed E-state index contributed by atoms with van der Waals surface area (Å²) in [6.45, 7) is 5.38. The minimum absolute atomic E-state index is 0.127. The second-order valence-corrected chi connectivity index (χ2v) is 6.54. The van der Waals surface area contributed by atoms with E-state index in [1.807, 2.05) is 56.3 Å². The monoisotopic (exact) mass is 374 g/mol. The number of carbonyl (C=O) groups excluding carboxylic acids is 2. The van der Waals surface area contributed by atoms with Gasteiger partial charge in [0.2, 0.25) is 5.91 Å². The predicted molar refractivity (Wildman–Crippen MR) is 112 cm³/mol. The molecule has 0 saturated carbocycles. The summed E-state index contributed by atoms with van der Waals surface area (Å²) in [6, 6.07) is 16.7. The molecule has 0 spiro atoms. The number of benzene rings is 2. The molecule has 0 aliphatic rings. The van der Waals surface area contributed by atoms with Crippen molar-refractivity contribution >= 4 is 34.6 Å². The van der Waals surface area contributed by atoms with Crippen molar-refractivity contribution in [2.45, 2.75) is 20.8 Å². The molecular weight excluding hydrogens is 352 g/mol. The molecular formula is C22H22N4O2. The van der Waals surface area contributed by atoms with E-state index in [2.05, 4.69) is 20.9 Å². The number of anilines is 4. The first-order valence-corrected chi connectivity index (χ1v) is 8.90. The fourth-order valence-electron chi connectivity index (χ4n) is 2.84. The molecule has 3 aromatic rings. The van der Waals surface area contributed by atoms with E-state index in [-0.39, 0.29) is 11.8 Å². The van der Waals surface area contributed by atoms with Gasteiger partial charge in [0.1, 0.15) is 5.69 Å². The number of hydrogen-bond donors (Lipinski definition) is 3. The molecule has 0 fully saturated rings. The van der Waals surface area contributed by atoms with Crippen molar-refractivity contribution < 1.29 is 9.59 Å². The van der Waals surface area contributed by atoms with Crippen LogP contribution in [-0.2, 0) is 4.79 Å². The van der Waals surface area contributed by atoms with Gasteiger partial charge in [-0.25, -0.2) is 4.98 Å². The van der Waals surface area contributed by atoms with Crippen molar-refractivity contribution in [3.63, 3.8) is 0 Å². The lowest BCUT2D eigenvalue weighted by Crippen LogP contribution is -2.15. The first-order chi connectivity index (χ1) is 13.4. The normalized spacial score (nSPS) is 10.2. The summed E-state index contributed by atoms with van der Waals surface area (Å²) < 4.78 is 0. The van der Waals surface area contributed by atoms with Crippen LogP contribution in [0.1, 0.15) is 28.5 Å². The Bertz CT molecular complexity index is 993. The molecule has 0 aliphatic heterocycles. The van der Waals surface area contributed by atoms with Crippen LogP contribution in [0.3, 0.4) is 0 Å². The fourth-order valence-corrected chi connectivity index (χ4v) is 2.84. The summed E-state index contributed by atoms with van der Waals surface area (Å²) in [7, 11) is 0. The molecule has 2 aromatic carbocycles. The molecule has 3 N–H and O–H groups in total. The Morgan fingerprint density at radius 2 is 1.50 bits per heavy atom. The molecule has 0 unspecified atom stereocenters. The molecule has 2 amide bonds. The molecule has 6 heteroatoms. The number of para-hydroxylation sites is 1. The van der Waals surface area contributed by atoms with Gasteiger partial charge in [-0.15, -0.1) is 0 Å². The first kappa shape index (κ1) is 19.1. The third kappa shape index (κ3) is 4.73. The Kier molecular flexibility index (Phi) is 5.69. The molecule has 0 radical (unpaired) electrons. The van der Waals surface area contributed by atoms with Crippen LogP contribution in [0, 0.1) is 13.8 Å². The number of carbonyl (C=O) groups is 2. The maximum atomic E-state index is 12.5. The Labute approximate surface area is 164 Å². The van der Waals surface area contributed by atoms with E-state index in [9.17, 15) is 9.59 Å². The van der Waals surface area contributed by atoms with E-state index in [1.165, 1.54) is 6.92 Å². The minimum Gasteiger partial charge on any atom is -0.354 e. The van der Waals surface area contributed by atoms with Crippen LogP contribution >= 0.6 is 0 Å². The van der Waals surface area contributed by atoms with Gasteiger partial charge < -0.3 is 16.0 Å². The number of amides is 2. The highest BCUT2D eigenvalue weighted by Gasteiger charge is 2.11. The van der Waals surface area contributed by atoms with Crippen LogP contribution in [0.2, 0.25) is 0 Å². The van der Waals surface area contributed by atoms with E-state index in [0.29, 0.717) is 11.4 Å². The zero-order chi connectivity index (χ0) is 20.1. The van der Waals surface area contributed by atoms with Gasteiger partial charge in [0.15, 0.2) is 0 Å². The first-order valence-electron chi connectivity index (χ1n) is 8.90. The fraction of sp³-hybridized carbons (Fsp3) is 0.136. The Morgan fingerprint density at radius 1 is 0.821 bits per heavy atom. The van der Waals surface area contributed by atoms with Gasteiger partial charge in [-0.05, 0) is 55.3 Å². The summed E-state index contributed by atoms with van der Waals surface area (Å²) in [5, 5.41) is 8.87. The molecule has 1 aromatic heterocycles. The Hall–Kier alpha value is -3.67. The summed E-state index contributed by atoms with van der Waals surface area (Å²) >= 11 is 0. The third-order valence-electron chi connectivity index (χ3n) is 4.19. The smallest absolute Gasteiger partial charge is 0.274 e. The maximum absolute atomic E-state index is 12.5. The largest absolute Gasteiger partial charge is 0.354 e. The number of aromatic nitrogens is 1. The highest BCUT2D eigenvalue weighted by Crippen LogP contribution is 2.22. The van der Waals surface area contributed by atoms with E-state index in [0.717, 1.165) is 28.2 Å². The van der Waals surface area contributed by atoms with Gasteiger partial charge in [-0.1, -0.05) is 24.3 Å². The van der Waals surface area contributed by atoms with E-state index in [4.69, 9.17) is 0 Å². The van der Waals surface area contributed by atoms with Crippen LogP contribution in [0.5, 0.6) is 0 Å². The average Bonchev–Trinajstić information content (AvgIpc) is 2.65. The van der Waals surface area contributed by atoms with Crippen molar-refractivity contribution in [2.24, 2.45) is 0 Å². The topological polar surface area (TPSA) is 83.1 Å². The molecule has 0 aliphatic carbocycles. The van der Waals surface area contributed by atoms with Crippen LogP contribution in [0.25, 0.3) is 0 Å². The number of hydrogen-bond acceptors (Lipinski definition) is 4. The SMILES string of the molecule is CC(=O)Nc1cccc(Nc2ccc(C(=O)Nc3c(C)cccc3C)nc2)c1. The standard InChI is InChI=1S/C22H22N4O2/c1-14-6-4-7-15(2)21(14)26-22(28)20-11-10-19(13-23-20)25-18-9-5-8-17(12-18)24-16(3)27/h4-13,25H,1-3H3,(H,24,27)(H,26,28). The second-order valence-electron chi connectivity index (χ2n) is 6.54. The lowest BCUT2D eigenvalue weighted by atomic mass is 10.1. The summed E-state index contributed by atoms with van der Waals surface area (Å²) in [4.78, 5) is 27.9. The molecule has 3 rings (SSSR count). The number of aryl methyl sites for hydroxylation is 2.